The van der Waals surface area contributed by atoms with Gasteiger partial charge in [-0.25, -0.2) is 4.39 Å². The number of benzene rings is 2. The Hall–Kier alpha value is -1.78. The van der Waals surface area contributed by atoms with E-state index in [4.69, 9.17) is 0 Å². The van der Waals surface area contributed by atoms with Gasteiger partial charge in [0.25, 0.3) is 0 Å². The van der Waals surface area contributed by atoms with Crippen molar-refractivity contribution >= 4 is 26.7 Å². The highest BCUT2D eigenvalue weighted by Crippen LogP contribution is 2.30. The summed E-state index contributed by atoms with van der Waals surface area (Å²) in [5.41, 5.74) is 1.22. The van der Waals surface area contributed by atoms with Crippen molar-refractivity contribution in [1.82, 2.24) is 4.98 Å². The fraction of sp³-hybridized carbons (Fsp3) is 0.0625. The van der Waals surface area contributed by atoms with Gasteiger partial charge >= 0.3 is 0 Å². The van der Waals surface area contributed by atoms with Gasteiger partial charge in [-0.05, 0) is 40.8 Å². The zero-order valence-electron chi connectivity index (χ0n) is 10.4. The van der Waals surface area contributed by atoms with E-state index in [0.717, 1.165) is 10.8 Å². The van der Waals surface area contributed by atoms with Gasteiger partial charge in [-0.3, -0.25) is 4.98 Å². The first kappa shape index (κ1) is 13.2. The average Bonchev–Trinajstić information content (AvgIpc) is 2.45. The van der Waals surface area contributed by atoms with E-state index in [9.17, 15) is 9.50 Å². The van der Waals surface area contributed by atoms with Crippen molar-refractivity contribution in [3.05, 3.63) is 76.3 Å². The minimum Gasteiger partial charge on any atom is -0.384 e. The smallest absolute Gasteiger partial charge is 0.124 e. The SMILES string of the molecule is OC(c1cc(F)cc(Br)c1)c1cccc2ccncc12. The van der Waals surface area contributed by atoms with Crippen molar-refractivity contribution in [3.8, 4) is 0 Å². The van der Waals surface area contributed by atoms with Crippen LogP contribution in [0.15, 0.2) is 59.3 Å². The highest BCUT2D eigenvalue weighted by atomic mass is 79.9. The third-order valence-corrected chi connectivity index (χ3v) is 3.67. The van der Waals surface area contributed by atoms with Gasteiger partial charge in [-0.15, -0.1) is 0 Å². The molecule has 0 fully saturated rings. The molecule has 0 amide bonds. The Labute approximate surface area is 124 Å². The molecular formula is C16H11BrFNO. The summed E-state index contributed by atoms with van der Waals surface area (Å²) in [7, 11) is 0. The highest BCUT2D eigenvalue weighted by molar-refractivity contribution is 9.10. The van der Waals surface area contributed by atoms with Gasteiger partial charge in [0.15, 0.2) is 0 Å². The maximum absolute atomic E-state index is 13.5. The standard InChI is InChI=1S/C16H11BrFNO/c17-12-6-11(7-13(18)8-12)16(20)14-3-1-2-10-4-5-19-9-15(10)14/h1-9,16,20H. The topological polar surface area (TPSA) is 33.1 Å². The lowest BCUT2D eigenvalue weighted by atomic mass is 9.97. The van der Waals surface area contributed by atoms with Crippen LogP contribution in [0.5, 0.6) is 0 Å². The van der Waals surface area contributed by atoms with Crippen molar-refractivity contribution in [1.29, 1.82) is 0 Å². The summed E-state index contributed by atoms with van der Waals surface area (Å²) in [4.78, 5) is 4.09. The summed E-state index contributed by atoms with van der Waals surface area (Å²) in [5.74, 6) is -0.383. The fourth-order valence-electron chi connectivity index (χ4n) is 2.29. The zero-order valence-corrected chi connectivity index (χ0v) is 12.0. The van der Waals surface area contributed by atoms with Crippen LogP contribution >= 0.6 is 15.9 Å². The van der Waals surface area contributed by atoms with Crippen LogP contribution in [0.25, 0.3) is 10.8 Å². The van der Waals surface area contributed by atoms with Crippen LogP contribution in [0.3, 0.4) is 0 Å². The zero-order chi connectivity index (χ0) is 14.1. The first-order chi connectivity index (χ1) is 9.65. The van der Waals surface area contributed by atoms with E-state index in [1.54, 1.807) is 18.5 Å². The minimum atomic E-state index is -0.894. The number of nitrogens with zero attached hydrogens (tertiary/aromatic N) is 1. The molecule has 0 radical (unpaired) electrons. The Kier molecular flexibility index (Phi) is 3.51. The molecular weight excluding hydrogens is 321 g/mol. The quantitative estimate of drug-likeness (QED) is 0.762. The van der Waals surface area contributed by atoms with Crippen molar-refractivity contribution < 1.29 is 9.50 Å². The Bertz CT molecular complexity index is 750. The molecule has 0 saturated carbocycles. The van der Waals surface area contributed by atoms with Crippen molar-refractivity contribution in [2.45, 2.75) is 6.10 Å². The predicted molar refractivity (Wildman–Crippen MR) is 79.9 cm³/mol. The van der Waals surface area contributed by atoms with Gasteiger partial charge in [0.2, 0.25) is 0 Å². The fourth-order valence-corrected chi connectivity index (χ4v) is 2.77. The largest absolute Gasteiger partial charge is 0.384 e. The lowest BCUT2D eigenvalue weighted by Crippen LogP contribution is -2.01. The number of rotatable bonds is 2. The van der Waals surface area contributed by atoms with Crippen LogP contribution in [0, 0.1) is 5.82 Å². The molecule has 2 aromatic carbocycles. The second-order valence-electron chi connectivity index (χ2n) is 4.55. The summed E-state index contributed by atoms with van der Waals surface area (Å²) in [5, 5.41) is 12.4. The lowest BCUT2D eigenvalue weighted by Gasteiger charge is -2.14. The molecule has 1 heterocycles. The van der Waals surface area contributed by atoms with Crippen LogP contribution in [0.1, 0.15) is 17.2 Å². The molecule has 0 spiro atoms. The maximum Gasteiger partial charge on any atom is 0.124 e. The monoisotopic (exact) mass is 331 g/mol. The number of aliphatic hydroxyl groups excluding tert-OH is 1. The van der Waals surface area contributed by atoms with E-state index in [2.05, 4.69) is 20.9 Å². The number of pyridine rings is 1. The summed E-state index contributed by atoms with van der Waals surface area (Å²) in [6, 6.07) is 11.9. The summed E-state index contributed by atoms with van der Waals surface area (Å²) in [6.07, 6.45) is 2.52. The molecule has 3 rings (SSSR count). The Morgan fingerprint density at radius 3 is 2.80 bits per heavy atom. The van der Waals surface area contributed by atoms with Gasteiger partial charge < -0.3 is 5.11 Å². The van der Waals surface area contributed by atoms with Crippen molar-refractivity contribution in [3.63, 3.8) is 0 Å². The molecule has 1 unspecified atom stereocenters. The van der Waals surface area contributed by atoms with E-state index in [-0.39, 0.29) is 5.82 Å². The molecule has 0 aliphatic carbocycles. The molecule has 1 aromatic heterocycles. The van der Waals surface area contributed by atoms with Gasteiger partial charge in [-0.2, -0.15) is 0 Å². The first-order valence-electron chi connectivity index (χ1n) is 6.12. The minimum absolute atomic E-state index is 0.383. The van der Waals surface area contributed by atoms with Crippen LogP contribution < -0.4 is 0 Å². The Morgan fingerprint density at radius 2 is 2.00 bits per heavy atom. The third kappa shape index (κ3) is 2.44. The van der Waals surface area contributed by atoms with E-state index in [0.29, 0.717) is 15.6 Å². The van der Waals surface area contributed by atoms with Crippen LogP contribution in [-0.2, 0) is 0 Å². The number of hydrogen-bond donors (Lipinski definition) is 1. The van der Waals surface area contributed by atoms with Gasteiger partial charge in [-0.1, -0.05) is 34.1 Å². The second-order valence-corrected chi connectivity index (χ2v) is 5.47. The number of halogens is 2. The van der Waals surface area contributed by atoms with E-state index < -0.39 is 6.10 Å². The molecule has 100 valence electrons. The molecule has 1 N–H and O–H groups in total. The lowest BCUT2D eigenvalue weighted by molar-refractivity contribution is 0.221. The van der Waals surface area contributed by atoms with Crippen molar-refractivity contribution in [2.24, 2.45) is 0 Å². The summed E-state index contributed by atoms with van der Waals surface area (Å²) in [6.45, 7) is 0. The number of fused-ring (bicyclic) bond motifs is 1. The highest BCUT2D eigenvalue weighted by Gasteiger charge is 2.15. The Morgan fingerprint density at radius 1 is 1.15 bits per heavy atom. The number of aliphatic hydroxyl groups is 1. The molecule has 1 atom stereocenters. The molecule has 3 aromatic rings. The molecule has 0 aliphatic heterocycles. The Balaban J connectivity index is 2.15. The normalized spacial score (nSPS) is 12.6. The van der Waals surface area contributed by atoms with E-state index in [1.807, 2.05) is 24.3 Å². The molecule has 0 saturated heterocycles. The molecule has 4 heteroatoms. The van der Waals surface area contributed by atoms with Gasteiger partial charge in [0.1, 0.15) is 11.9 Å². The average molecular weight is 332 g/mol. The number of aromatic nitrogens is 1. The molecule has 2 nitrogen and oxygen atoms in total. The van der Waals surface area contributed by atoms with Crippen molar-refractivity contribution in [2.75, 3.05) is 0 Å². The molecule has 0 bridgehead atoms. The third-order valence-electron chi connectivity index (χ3n) is 3.21. The van der Waals surface area contributed by atoms with Crippen LogP contribution in [0.4, 0.5) is 4.39 Å². The first-order valence-corrected chi connectivity index (χ1v) is 6.91. The summed E-state index contributed by atoms with van der Waals surface area (Å²) >= 11 is 3.24. The van der Waals surface area contributed by atoms with E-state index >= 15 is 0 Å². The summed E-state index contributed by atoms with van der Waals surface area (Å²) < 4.78 is 14.1. The predicted octanol–water partition coefficient (Wildman–Crippen LogP) is 4.22. The van der Waals surface area contributed by atoms with Gasteiger partial charge in [0, 0.05) is 22.3 Å². The van der Waals surface area contributed by atoms with E-state index in [1.165, 1.54) is 12.1 Å². The maximum atomic E-state index is 13.5. The van der Waals surface area contributed by atoms with Gasteiger partial charge in [0.05, 0.1) is 0 Å². The van der Waals surface area contributed by atoms with Crippen LogP contribution in [0.2, 0.25) is 0 Å². The number of hydrogen-bond acceptors (Lipinski definition) is 2. The molecule has 20 heavy (non-hydrogen) atoms. The second kappa shape index (κ2) is 5.31. The van der Waals surface area contributed by atoms with Crippen LogP contribution in [-0.4, -0.2) is 10.1 Å². The molecule has 0 aliphatic rings.